The van der Waals surface area contributed by atoms with Crippen molar-refractivity contribution in [2.24, 2.45) is 0 Å². The number of nitrogens with zero attached hydrogens (tertiary/aromatic N) is 2. The monoisotopic (exact) mass is 280 g/mol. The minimum absolute atomic E-state index is 0.101. The molecule has 5 heteroatoms. The molecule has 0 radical (unpaired) electrons. The van der Waals surface area contributed by atoms with Crippen LogP contribution in [-0.4, -0.2) is 69.7 Å². The molecule has 2 rings (SSSR count). The van der Waals surface area contributed by atoms with Crippen LogP contribution in [0.1, 0.15) is 0 Å². The smallest absolute Gasteiger partial charge is 0.120 e. The molecule has 0 amide bonds. The van der Waals surface area contributed by atoms with Crippen LogP contribution in [-0.2, 0) is 4.74 Å². The summed E-state index contributed by atoms with van der Waals surface area (Å²) in [6.45, 7) is 6.29. The molecule has 5 nitrogen and oxygen atoms in total. The molecule has 1 heterocycles. The van der Waals surface area contributed by atoms with E-state index < -0.39 is 0 Å². The second kappa shape index (κ2) is 8.09. The van der Waals surface area contributed by atoms with Crippen molar-refractivity contribution in [3.8, 4) is 5.75 Å². The second-order valence-electron chi connectivity index (χ2n) is 4.87. The largest absolute Gasteiger partial charge is 0.497 e. The van der Waals surface area contributed by atoms with Crippen molar-refractivity contribution in [1.29, 1.82) is 0 Å². The van der Waals surface area contributed by atoms with Gasteiger partial charge < -0.3 is 19.5 Å². The molecule has 1 N–H and O–H groups in total. The lowest BCUT2D eigenvalue weighted by molar-refractivity contribution is 0.0724. The van der Waals surface area contributed by atoms with Crippen LogP contribution in [0.15, 0.2) is 24.3 Å². The summed E-state index contributed by atoms with van der Waals surface area (Å²) in [6, 6.07) is 8.21. The Morgan fingerprint density at radius 2 is 1.95 bits per heavy atom. The van der Waals surface area contributed by atoms with Gasteiger partial charge in [0.2, 0.25) is 0 Å². The van der Waals surface area contributed by atoms with E-state index in [-0.39, 0.29) is 6.61 Å². The molecule has 0 aliphatic carbocycles. The molecule has 1 aliphatic heterocycles. The van der Waals surface area contributed by atoms with E-state index in [4.69, 9.17) is 14.6 Å². The summed E-state index contributed by atoms with van der Waals surface area (Å²) in [4.78, 5) is 4.78. The van der Waals surface area contributed by atoms with Gasteiger partial charge in [-0.05, 0) is 12.1 Å². The number of rotatable bonds is 7. The summed E-state index contributed by atoms with van der Waals surface area (Å²) in [5.41, 5.74) is 1.22. The Balaban J connectivity index is 1.76. The van der Waals surface area contributed by atoms with Crippen LogP contribution in [0.4, 0.5) is 5.69 Å². The molecule has 0 bridgehead atoms. The van der Waals surface area contributed by atoms with Crippen LogP contribution in [0.5, 0.6) is 5.75 Å². The molecular weight excluding hydrogens is 256 g/mol. The van der Waals surface area contributed by atoms with Crippen molar-refractivity contribution >= 4 is 5.69 Å². The molecule has 0 saturated carbocycles. The van der Waals surface area contributed by atoms with Crippen LogP contribution in [0.25, 0.3) is 0 Å². The fourth-order valence-electron chi connectivity index (χ4n) is 2.40. The van der Waals surface area contributed by atoms with Crippen molar-refractivity contribution in [1.82, 2.24) is 4.90 Å². The third-order valence-electron chi connectivity index (χ3n) is 3.58. The van der Waals surface area contributed by atoms with Gasteiger partial charge >= 0.3 is 0 Å². The first kappa shape index (κ1) is 15.1. The maximum absolute atomic E-state index is 8.65. The zero-order chi connectivity index (χ0) is 14.2. The average molecular weight is 280 g/mol. The molecule has 20 heavy (non-hydrogen) atoms. The Kier molecular flexibility index (Phi) is 6.11. The van der Waals surface area contributed by atoms with Crippen molar-refractivity contribution in [2.45, 2.75) is 0 Å². The van der Waals surface area contributed by atoms with Gasteiger partial charge in [-0.1, -0.05) is 6.07 Å². The molecule has 0 atom stereocenters. The zero-order valence-electron chi connectivity index (χ0n) is 12.1. The normalized spacial score (nSPS) is 16.4. The molecule has 1 fully saturated rings. The van der Waals surface area contributed by atoms with E-state index in [1.807, 2.05) is 12.1 Å². The third kappa shape index (κ3) is 4.37. The molecule has 1 aromatic carbocycles. The second-order valence-corrected chi connectivity index (χ2v) is 4.87. The predicted molar refractivity (Wildman–Crippen MR) is 79.6 cm³/mol. The highest BCUT2D eigenvalue weighted by Gasteiger charge is 2.17. The molecule has 0 unspecified atom stereocenters. The maximum Gasteiger partial charge on any atom is 0.120 e. The quantitative estimate of drug-likeness (QED) is 0.750. The summed E-state index contributed by atoms with van der Waals surface area (Å²) in [5, 5.41) is 8.65. The topological polar surface area (TPSA) is 45.2 Å². The minimum Gasteiger partial charge on any atom is -0.497 e. The minimum atomic E-state index is 0.101. The lowest BCUT2D eigenvalue weighted by Crippen LogP contribution is -2.47. The number of aliphatic hydroxyl groups excluding tert-OH is 1. The van der Waals surface area contributed by atoms with Crippen molar-refractivity contribution in [3.63, 3.8) is 0 Å². The number of benzene rings is 1. The van der Waals surface area contributed by atoms with Crippen molar-refractivity contribution in [3.05, 3.63) is 24.3 Å². The molecule has 1 aliphatic rings. The molecule has 112 valence electrons. The number of methoxy groups -OCH3 is 1. The van der Waals surface area contributed by atoms with Gasteiger partial charge in [0.25, 0.3) is 0 Å². The Labute approximate surface area is 120 Å². The van der Waals surface area contributed by atoms with E-state index in [0.717, 1.165) is 38.5 Å². The van der Waals surface area contributed by atoms with E-state index in [1.54, 1.807) is 7.11 Å². The molecule has 0 aromatic heterocycles. The number of hydrogen-bond acceptors (Lipinski definition) is 5. The van der Waals surface area contributed by atoms with E-state index >= 15 is 0 Å². The lowest BCUT2D eigenvalue weighted by atomic mass is 10.2. The molecular formula is C15H24N2O3. The Morgan fingerprint density at radius 3 is 2.65 bits per heavy atom. The van der Waals surface area contributed by atoms with Crippen LogP contribution in [0, 0.1) is 0 Å². The number of aliphatic hydroxyl groups is 1. The van der Waals surface area contributed by atoms with Gasteiger partial charge in [-0.25, -0.2) is 0 Å². The molecule has 0 spiro atoms. The van der Waals surface area contributed by atoms with Gasteiger partial charge in [-0.15, -0.1) is 0 Å². The van der Waals surface area contributed by atoms with Crippen molar-refractivity contribution < 1.29 is 14.6 Å². The summed E-state index contributed by atoms with van der Waals surface area (Å²) >= 11 is 0. The fourth-order valence-corrected chi connectivity index (χ4v) is 2.40. The number of piperazine rings is 1. The van der Waals surface area contributed by atoms with Crippen LogP contribution in [0.2, 0.25) is 0 Å². The van der Waals surface area contributed by atoms with Crippen LogP contribution >= 0.6 is 0 Å². The summed E-state index contributed by atoms with van der Waals surface area (Å²) in [6.07, 6.45) is 0. The van der Waals surface area contributed by atoms with Gasteiger partial charge in [0.05, 0.1) is 26.9 Å². The Hall–Kier alpha value is -1.30. The molecule has 1 aromatic rings. The maximum atomic E-state index is 8.65. The summed E-state index contributed by atoms with van der Waals surface area (Å²) in [7, 11) is 1.70. The number of ether oxygens (including phenoxy) is 2. The SMILES string of the molecule is COc1cccc(N2CCN(CCOCCO)CC2)c1. The first-order chi connectivity index (χ1) is 9.83. The van der Waals surface area contributed by atoms with E-state index in [2.05, 4.69) is 21.9 Å². The van der Waals surface area contributed by atoms with E-state index in [9.17, 15) is 0 Å². The summed E-state index contributed by atoms with van der Waals surface area (Å²) in [5.74, 6) is 0.905. The van der Waals surface area contributed by atoms with Gasteiger partial charge in [0, 0.05) is 44.5 Å². The first-order valence-electron chi connectivity index (χ1n) is 7.13. The highest BCUT2D eigenvalue weighted by atomic mass is 16.5. The lowest BCUT2D eigenvalue weighted by Gasteiger charge is -2.36. The van der Waals surface area contributed by atoms with Gasteiger partial charge in [-0.2, -0.15) is 0 Å². The highest BCUT2D eigenvalue weighted by Crippen LogP contribution is 2.21. The Bertz CT molecular complexity index is 392. The van der Waals surface area contributed by atoms with Crippen LogP contribution < -0.4 is 9.64 Å². The number of hydrogen-bond donors (Lipinski definition) is 1. The summed E-state index contributed by atoms with van der Waals surface area (Å²) < 4.78 is 10.6. The first-order valence-corrected chi connectivity index (χ1v) is 7.13. The van der Waals surface area contributed by atoms with E-state index in [1.165, 1.54) is 5.69 Å². The van der Waals surface area contributed by atoms with E-state index in [0.29, 0.717) is 13.2 Å². The number of anilines is 1. The molecule has 1 saturated heterocycles. The highest BCUT2D eigenvalue weighted by molar-refractivity contribution is 5.51. The zero-order valence-corrected chi connectivity index (χ0v) is 12.1. The average Bonchev–Trinajstić information content (AvgIpc) is 2.52. The van der Waals surface area contributed by atoms with Gasteiger partial charge in [0.1, 0.15) is 5.75 Å². The fraction of sp³-hybridized carbons (Fsp3) is 0.600. The third-order valence-corrected chi connectivity index (χ3v) is 3.58. The van der Waals surface area contributed by atoms with Gasteiger partial charge in [0.15, 0.2) is 0 Å². The predicted octanol–water partition coefficient (Wildman–Crippen LogP) is 0.826. The van der Waals surface area contributed by atoms with Crippen LogP contribution in [0.3, 0.4) is 0 Å². The Morgan fingerprint density at radius 1 is 1.15 bits per heavy atom. The van der Waals surface area contributed by atoms with Gasteiger partial charge in [-0.3, -0.25) is 4.90 Å². The van der Waals surface area contributed by atoms with Crippen molar-refractivity contribution in [2.75, 3.05) is 64.6 Å². The standard InChI is InChI=1S/C15H24N2O3/c1-19-15-4-2-3-14(13-15)17-7-5-16(6-8-17)9-11-20-12-10-18/h2-4,13,18H,5-12H2,1H3.